The highest BCUT2D eigenvalue weighted by Gasteiger charge is 2.60. The number of carbonyl (C=O) groups is 3. The van der Waals surface area contributed by atoms with Crippen molar-refractivity contribution < 1.29 is 24.6 Å². The monoisotopic (exact) mass is 514 g/mol. The van der Waals surface area contributed by atoms with Crippen LogP contribution in [0, 0.1) is 11.8 Å². The lowest BCUT2D eigenvalue weighted by atomic mass is 9.77. The minimum absolute atomic E-state index is 0.0653. The number of hydrogen-bond donors (Lipinski definition) is 2. The van der Waals surface area contributed by atoms with Crippen molar-refractivity contribution in [1.82, 2.24) is 19.3 Å². The van der Waals surface area contributed by atoms with E-state index >= 15 is 0 Å². The predicted octanol–water partition coefficient (Wildman–Crippen LogP) is 3.34. The van der Waals surface area contributed by atoms with Gasteiger partial charge < -0.3 is 15.1 Å². The van der Waals surface area contributed by atoms with Gasteiger partial charge >= 0.3 is 5.97 Å². The molecule has 186 valence electrons. The molecule has 0 spiro atoms. The molecular formula is C27H22N4O5S. The van der Waals surface area contributed by atoms with E-state index in [0.717, 1.165) is 11.1 Å². The maximum atomic E-state index is 13.5. The number of fused-ring (bicyclic) bond motifs is 2. The Bertz CT molecular complexity index is 1620. The number of carbonyl (C=O) groups excluding carboxylic acids is 2. The lowest BCUT2D eigenvalue weighted by Crippen LogP contribution is -2.63. The third-order valence-corrected chi connectivity index (χ3v) is 8.32. The number of imidazole rings is 1. The van der Waals surface area contributed by atoms with Crippen molar-refractivity contribution >= 4 is 39.4 Å². The Morgan fingerprint density at radius 3 is 2.59 bits per heavy atom. The van der Waals surface area contributed by atoms with Crippen LogP contribution in [0.4, 0.5) is 0 Å². The van der Waals surface area contributed by atoms with Crippen LogP contribution in [0.3, 0.4) is 0 Å². The van der Waals surface area contributed by atoms with E-state index in [0.29, 0.717) is 20.8 Å². The number of rotatable bonds is 6. The van der Waals surface area contributed by atoms with E-state index in [4.69, 9.17) is 0 Å². The molecule has 9 nitrogen and oxygen atoms in total. The summed E-state index contributed by atoms with van der Waals surface area (Å²) in [5, 5.41) is 20.1. The highest BCUT2D eigenvalue weighted by Crippen LogP contribution is 2.51. The molecule has 1 saturated heterocycles. The Hall–Kier alpha value is -4.15. The molecule has 0 bridgehead atoms. The molecule has 2 N–H and O–H groups in total. The third kappa shape index (κ3) is 3.44. The average Bonchev–Trinajstić information content (AvgIpc) is 3.54. The van der Waals surface area contributed by atoms with Crippen molar-refractivity contribution in [1.29, 1.82) is 0 Å². The summed E-state index contributed by atoms with van der Waals surface area (Å²) < 4.78 is 1.70. The molecule has 5 heterocycles. The van der Waals surface area contributed by atoms with Crippen LogP contribution in [0.15, 0.2) is 67.0 Å². The summed E-state index contributed by atoms with van der Waals surface area (Å²) in [5.74, 6) is -2.81. The van der Waals surface area contributed by atoms with Gasteiger partial charge in [0.05, 0.1) is 22.9 Å². The Morgan fingerprint density at radius 2 is 1.89 bits per heavy atom. The SMILES string of the molecule is C[C@@H](O)[C@H]1C(=O)N2C(C(=O)O)=C(c3cn4cnc(C(=O)c5cncc(-c6ccccc6)c5)c4s3)[C@H](C)[C@H]12. The first-order valence-electron chi connectivity index (χ1n) is 11.8. The largest absolute Gasteiger partial charge is 0.477 e. The summed E-state index contributed by atoms with van der Waals surface area (Å²) in [6.07, 6.45) is 5.59. The first-order chi connectivity index (χ1) is 17.8. The van der Waals surface area contributed by atoms with Crippen LogP contribution in [0.2, 0.25) is 0 Å². The molecule has 10 heteroatoms. The van der Waals surface area contributed by atoms with Gasteiger partial charge in [0.2, 0.25) is 11.7 Å². The molecule has 2 aliphatic heterocycles. The van der Waals surface area contributed by atoms with Crippen LogP contribution < -0.4 is 0 Å². The van der Waals surface area contributed by atoms with Crippen LogP contribution in [0.25, 0.3) is 21.5 Å². The third-order valence-electron chi connectivity index (χ3n) is 7.17. The van der Waals surface area contributed by atoms with Crippen molar-refractivity contribution in [2.24, 2.45) is 11.8 Å². The van der Waals surface area contributed by atoms with Crippen LogP contribution in [-0.2, 0) is 9.59 Å². The fourth-order valence-corrected chi connectivity index (χ4v) is 6.68. The van der Waals surface area contributed by atoms with E-state index in [1.165, 1.54) is 28.8 Å². The zero-order valence-corrected chi connectivity index (χ0v) is 20.7. The van der Waals surface area contributed by atoms with Gasteiger partial charge in [-0.25, -0.2) is 9.78 Å². The Kier molecular flexibility index (Phi) is 5.32. The average molecular weight is 515 g/mol. The molecule has 37 heavy (non-hydrogen) atoms. The first-order valence-corrected chi connectivity index (χ1v) is 12.6. The molecular weight excluding hydrogens is 492 g/mol. The molecule has 0 saturated carbocycles. The number of aliphatic hydroxyl groups is 1. The normalized spacial score (nSPS) is 21.8. The van der Waals surface area contributed by atoms with Crippen molar-refractivity contribution in [3.8, 4) is 11.1 Å². The second-order valence-corrected chi connectivity index (χ2v) is 10.4. The zero-order valence-electron chi connectivity index (χ0n) is 19.9. The molecule has 0 unspecified atom stereocenters. The summed E-state index contributed by atoms with van der Waals surface area (Å²) in [4.78, 5) is 49.4. The van der Waals surface area contributed by atoms with E-state index in [1.54, 1.807) is 29.8 Å². The maximum absolute atomic E-state index is 13.5. The number of nitrogens with zero attached hydrogens (tertiary/aromatic N) is 4. The van der Waals surface area contributed by atoms with Gasteiger partial charge in [0.15, 0.2) is 0 Å². The molecule has 1 aromatic carbocycles. The van der Waals surface area contributed by atoms with Gasteiger partial charge in [0, 0.05) is 41.2 Å². The van der Waals surface area contributed by atoms with Crippen molar-refractivity contribution in [2.45, 2.75) is 26.0 Å². The number of pyridine rings is 1. The number of carboxylic acids is 1. The second-order valence-electron chi connectivity index (χ2n) is 9.38. The standard InChI is InChI=1S/C27H22N4O5S/c1-13-19(23(27(35)36)31-22(13)20(14(2)32)25(31)34)18-11-30-12-29-21(26(30)37-18)24(33)17-8-16(9-28-10-17)15-6-4-3-5-7-15/h3-14,20,22,32H,1-2H3,(H,35,36)/t13-,14+,20+,22+/m0/s1. The van der Waals surface area contributed by atoms with Crippen LogP contribution in [0.1, 0.15) is 34.8 Å². The summed E-state index contributed by atoms with van der Waals surface area (Å²) in [6, 6.07) is 11.0. The smallest absolute Gasteiger partial charge is 0.352 e. The summed E-state index contributed by atoms with van der Waals surface area (Å²) in [6.45, 7) is 3.41. The van der Waals surface area contributed by atoms with Gasteiger partial charge in [0.1, 0.15) is 22.5 Å². The number of hydrogen-bond acceptors (Lipinski definition) is 7. The number of aliphatic hydroxyl groups excluding tert-OH is 1. The number of β-lactam (4-membered cyclic amide) rings is 1. The van der Waals surface area contributed by atoms with Crippen molar-refractivity contribution in [2.75, 3.05) is 0 Å². The summed E-state index contributed by atoms with van der Waals surface area (Å²) in [7, 11) is 0. The minimum Gasteiger partial charge on any atom is -0.477 e. The van der Waals surface area contributed by atoms with E-state index in [1.807, 2.05) is 37.3 Å². The first kappa shape index (κ1) is 23.3. The highest BCUT2D eigenvalue weighted by molar-refractivity contribution is 7.18. The molecule has 4 atom stereocenters. The van der Waals surface area contributed by atoms with Gasteiger partial charge in [-0.3, -0.25) is 19.0 Å². The number of thiazole rings is 1. The molecule has 0 aliphatic carbocycles. The summed E-state index contributed by atoms with van der Waals surface area (Å²) >= 11 is 1.26. The van der Waals surface area contributed by atoms with E-state index in [-0.39, 0.29) is 29.0 Å². The van der Waals surface area contributed by atoms with Crippen LogP contribution >= 0.6 is 11.3 Å². The lowest BCUT2D eigenvalue weighted by Gasteiger charge is -2.46. The number of aliphatic carboxylic acids is 1. The number of ketones is 1. The van der Waals surface area contributed by atoms with Gasteiger partial charge in [0.25, 0.3) is 0 Å². The topological polar surface area (TPSA) is 125 Å². The highest BCUT2D eigenvalue weighted by atomic mass is 32.1. The quantitative estimate of drug-likeness (QED) is 0.299. The molecule has 1 amide bonds. The second kappa shape index (κ2) is 8.46. The number of amides is 1. The molecule has 1 fully saturated rings. The van der Waals surface area contributed by atoms with E-state index in [2.05, 4.69) is 9.97 Å². The Balaban J connectivity index is 1.39. The van der Waals surface area contributed by atoms with Gasteiger partial charge in [-0.1, -0.05) is 37.3 Å². The van der Waals surface area contributed by atoms with Gasteiger partial charge in [-0.2, -0.15) is 0 Å². The van der Waals surface area contributed by atoms with Crippen LogP contribution in [-0.4, -0.2) is 59.3 Å². The zero-order chi connectivity index (χ0) is 26.0. The molecule has 0 radical (unpaired) electrons. The number of aromatic nitrogens is 3. The Morgan fingerprint density at radius 1 is 1.14 bits per heavy atom. The van der Waals surface area contributed by atoms with Gasteiger partial charge in [-0.05, 0) is 18.6 Å². The lowest BCUT2D eigenvalue weighted by molar-refractivity contribution is -0.163. The van der Waals surface area contributed by atoms with E-state index in [9.17, 15) is 24.6 Å². The van der Waals surface area contributed by atoms with Crippen molar-refractivity contribution in [3.05, 3.63) is 83.1 Å². The van der Waals surface area contributed by atoms with E-state index < -0.39 is 24.0 Å². The molecule has 2 aliphatic rings. The van der Waals surface area contributed by atoms with Crippen LogP contribution in [0.5, 0.6) is 0 Å². The minimum atomic E-state index is -1.20. The van der Waals surface area contributed by atoms with Gasteiger partial charge in [-0.15, -0.1) is 11.3 Å². The number of carboxylic acid groups (broad SMARTS) is 1. The fraction of sp³-hybridized carbons (Fsp3) is 0.222. The fourth-order valence-electron chi connectivity index (χ4n) is 5.46. The van der Waals surface area contributed by atoms with Crippen molar-refractivity contribution in [3.63, 3.8) is 0 Å². The maximum Gasteiger partial charge on any atom is 0.352 e. The summed E-state index contributed by atoms with van der Waals surface area (Å²) in [5.41, 5.74) is 2.85. The Labute approximate surface area is 215 Å². The number of benzene rings is 1. The molecule has 3 aromatic heterocycles. The molecule has 4 aromatic rings. The molecule has 6 rings (SSSR count). The predicted molar refractivity (Wildman–Crippen MR) is 136 cm³/mol.